The lowest BCUT2D eigenvalue weighted by Gasteiger charge is -2.63. The Morgan fingerprint density at radius 1 is 1.00 bits per heavy atom. The number of nitrogens with zero attached hydrogens (tertiary/aromatic N) is 5. The number of benzene rings is 2. The highest BCUT2D eigenvalue weighted by Gasteiger charge is 2.64. The molecule has 13 nitrogen and oxygen atoms in total. The fourth-order valence-corrected chi connectivity index (χ4v) is 11.0. The van der Waals surface area contributed by atoms with E-state index < -0.39 is 29.7 Å². The van der Waals surface area contributed by atoms with Crippen LogP contribution >= 0.6 is 8.19 Å². The molecule has 296 valence electrons. The predicted molar refractivity (Wildman–Crippen MR) is 213 cm³/mol. The molecular weight excluding hydrogens is 741 g/mol. The van der Waals surface area contributed by atoms with Gasteiger partial charge in [-0.05, 0) is 92.6 Å². The van der Waals surface area contributed by atoms with Crippen LogP contribution < -0.4 is 20.3 Å². The van der Waals surface area contributed by atoms with Gasteiger partial charge in [-0.15, -0.1) is 0 Å². The van der Waals surface area contributed by atoms with Gasteiger partial charge in [0.2, 0.25) is 11.8 Å². The quantitative estimate of drug-likeness (QED) is 0.271. The van der Waals surface area contributed by atoms with Crippen molar-refractivity contribution >= 4 is 43.3 Å². The van der Waals surface area contributed by atoms with E-state index in [0.717, 1.165) is 80.0 Å². The molecule has 2 N–H and O–H groups in total. The van der Waals surface area contributed by atoms with Gasteiger partial charge < -0.3 is 15.0 Å². The van der Waals surface area contributed by atoms with E-state index in [0.29, 0.717) is 41.3 Å². The third-order valence-electron chi connectivity index (χ3n) is 12.8. The second-order valence-electron chi connectivity index (χ2n) is 17.3. The molecule has 1 aromatic heterocycles. The van der Waals surface area contributed by atoms with Crippen LogP contribution in [0.3, 0.4) is 0 Å². The average Bonchev–Trinajstić information content (AvgIpc) is 3.70. The zero-order chi connectivity index (χ0) is 40.4. The smallest absolute Gasteiger partial charge is 0.262 e. The van der Waals surface area contributed by atoms with Crippen LogP contribution in [0.15, 0.2) is 42.3 Å². The lowest BCUT2D eigenvalue weighted by molar-refractivity contribution is -0.164. The third-order valence-corrected chi connectivity index (χ3v) is 13.8. The Morgan fingerprint density at radius 3 is 2.25 bits per heavy atom. The van der Waals surface area contributed by atoms with Crippen molar-refractivity contribution in [2.24, 2.45) is 16.7 Å². The molecule has 0 bridgehead atoms. The van der Waals surface area contributed by atoms with Gasteiger partial charge in [0.15, 0.2) is 5.55 Å². The van der Waals surface area contributed by atoms with Crippen molar-refractivity contribution in [1.82, 2.24) is 25.4 Å². The maximum atomic E-state index is 13.5. The molecular formula is C43H48N7O6P. The van der Waals surface area contributed by atoms with Gasteiger partial charge in [-0.1, -0.05) is 34.6 Å². The fraction of sp³-hybridized carbons (Fsp3) is 0.488. The monoisotopic (exact) mass is 789 g/mol. The van der Waals surface area contributed by atoms with Crippen molar-refractivity contribution in [2.75, 3.05) is 24.5 Å². The van der Waals surface area contributed by atoms with Crippen LogP contribution in [-0.2, 0) is 29.1 Å². The van der Waals surface area contributed by atoms with E-state index in [1.54, 1.807) is 6.20 Å². The molecule has 14 heteroatoms. The molecule has 2 saturated heterocycles. The molecule has 1 atom stereocenters. The maximum Gasteiger partial charge on any atom is 0.262 e. The normalized spacial score (nSPS) is 24.2. The van der Waals surface area contributed by atoms with E-state index in [4.69, 9.17) is 9.72 Å². The number of hydrogen-bond acceptors (Lipinski definition) is 10. The van der Waals surface area contributed by atoms with E-state index in [1.165, 1.54) is 0 Å². The summed E-state index contributed by atoms with van der Waals surface area (Å²) in [6.45, 7) is 14.5. The number of rotatable bonds is 9. The molecule has 4 aliphatic heterocycles. The van der Waals surface area contributed by atoms with Crippen molar-refractivity contribution in [3.8, 4) is 11.8 Å². The number of amides is 5. The van der Waals surface area contributed by atoms with Crippen LogP contribution in [-0.4, -0.2) is 82.1 Å². The first-order valence-corrected chi connectivity index (χ1v) is 20.8. The molecule has 57 heavy (non-hydrogen) atoms. The number of nitrogens with one attached hydrogen (secondary N) is 2. The van der Waals surface area contributed by atoms with E-state index in [1.807, 2.05) is 43.1 Å². The van der Waals surface area contributed by atoms with Crippen LogP contribution in [0.2, 0.25) is 0 Å². The Bertz CT molecular complexity index is 2160. The Hall–Kier alpha value is -5.18. The minimum absolute atomic E-state index is 0.0941. The van der Waals surface area contributed by atoms with Crippen LogP contribution in [0.25, 0.3) is 0 Å². The van der Waals surface area contributed by atoms with E-state index in [9.17, 15) is 29.2 Å². The van der Waals surface area contributed by atoms with Crippen molar-refractivity contribution in [3.05, 3.63) is 81.3 Å². The number of piperidine rings is 2. The zero-order valence-electron chi connectivity index (χ0n) is 33.1. The largest absolute Gasteiger partial charge is 0.489 e. The zero-order valence-corrected chi connectivity index (χ0v) is 33.9. The fourth-order valence-electron chi connectivity index (χ4n) is 10.0. The highest BCUT2D eigenvalue weighted by Crippen LogP contribution is 2.55. The van der Waals surface area contributed by atoms with E-state index in [-0.39, 0.29) is 41.7 Å². The van der Waals surface area contributed by atoms with Gasteiger partial charge in [0.1, 0.15) is 17.9 Å². The summed E-state index contributed by atoms with van der Waals surface area (Å²) in [4.78, 5) is 74.7. The Balaban J connectivity index is 0.822. The predicted octanol–water partition coefficient (Wildman–Crippen LogP) is 5.34. The summed E-state index contributed by atoms with van der Waals surface area (Å²) in [5.74, 6) is 1.09. The highest BCUT2D eigenvalue weighted by molar-refractivity contribution is 7.33. The van der Waals surface area contributed by atoms with Crippen molar-refractivity contribution in [1.29, 1.82) is 5.26 Å². The average molecular weight is 790 g/mol. The summed E-state index contributed by atoms with van der Waals surface area (Å²) >= 11 is 0. The number of aromatic nitrogens is 1. The molecule has 3 aromatic rings. The standard InChI is InChI=1S/C43H48N7O6P/c1-6-25-15-30(8-7-26(25)18-44)56-40-42(2,3)39(43(40,4)5)47-35(52)29-19-45-41(57-23-29)49-13-11-24(12-14-49)20-48-21-27-16-31-32(17-28(27)22-48)38(55)50(37(31)54)33-9-10-34(51)46-36(33)53/h7-8,15-17,19,23-24,33,39-40H,6,9-14,20-22H2,1-5H3,(H,47,52)(H,46,51,53)/t33?,39-,40-. The van der Waals surface area contributed by atoms with Crippen LogP contribution in [0, 0.1) is 28.1 Å². The van der Waals surface area contributed by atoms with Crippen LogP contribution in [0.1, 0.15) is 114 Å². The SMILES string of the molecule is CCc1cc(O[C@H]2C(C)(C)[C@H](NC(=O)c3cnc(N4CCC(CN5Cc6cc7c(cc6C5)C(=O)N(C5CCC(=O)NC5=O)C7=O)CC4)pc3)C2(C)C)ccc1C#N. The van der Waals surface area contributed by atoms with Crippen molar-refractivity contribution in [3.63, 3.8) is 0 Å². The van der Waals surface area contributed by atoms with Gasteiger partial charge in [0, 0.05) is 62.2 Å². The second kappa shape index (κ2) is 14.6. The maximum absolute atomic E-state index is 13.5. The van der Waals surface area contributed by atoms with Gasteiger partial charge >= 0.3 is 0 Å². The molecule has 0 radical (unpaired) electrons. The summed E-state index contributed by atoms with van der Waals surface area (Å²) in [5, 5.41) is 15.0. The second-order valence-corrected chi connectivity index (χ2v) is 18.2. The first kappa shape index (κ1) is 38.7. The van der Waals surface area contributed by atoms with E-state index >= 15 is 0 Å². The van der Waals surface area contributed by atoms with Gasteiger partial charge in [0.05, 0.1) is 28.3 Å². The number of nitriles is 1. The number of hydrogen-bond donors (Lipinski definition) is 2. The Labute approximate surface area is 334 Å². The molecule has 1 saturated carbocycles. The lowest BCUT2D eigenvalue weighted by atomic mass is 9.49. The lowest BCUT2D eigenvalue weighted by Crippen LogP contribution is -2.74. The molecule has 5 amide bonds. The molecule has 1 unspecified atom stereocenters. The van der Waals surface area contributed by atoms with E-state index in [2.05, 4.69) is 54.2 Å². The number of carbonyl (C=O) groups excluding carboxylic acids is 5. The number of anilines is 1. The summed E-state index contributed by atoms with van der Waals surface area (Å²) < 4.78 is 6.51. The molecule has 5 heterocycles. The summed E-state index contributed by atoms with van der Waals surface area (Å²) in [6, 6.07) is 10.4. The number of imide groups is 2. The summed E-state index contributed by atoms with van der Waals surface area (Å²) in [5.41, 5.74) is 5.18. The van der Waals surface area contributed by atoms with Gasteiger partial charge in [-0.2, -0.15) is 5.26 Å². The molecule has 5 aliphatic rings. The molecule has 8 rings (SSSR count). The Morgan fingerprint density at radius 2 is 1.67 bits per heavy atom. The van der Waals surface area contributed by atoms with Gasteiger partial charge in [0.25, 0.3) is 17.7 Å². The first-order valence-electron chi connectivity index (χ1n) is 19.9. The first-order chi connectivity index (χ1) is 27.2. The third kappa shape index (κ3) is 6.87. The van der Waals surface area contributed by atoms with Gasteiger partial charge in [-0.3, -0.25) is 39.1 Å². The number of ether oxygens (including phenoxy) is 1. The molecule has 0 spiro atoms. The van der Waals surface area contributed by atoms with Crippen LogP contribution in [0.4, 0.5) is 5.55 Å². The topological polar surface area (TPSA) is 165 Å². The molecule has 2 aromatic carbocycles. The summed E-state index contributed by atoms with van der Waals surface area (Å²) in [6.07, 6.45) is 4.53. The summed E-state index contributed by atoms with van der Waals surface area (Å²) in [7, 11) is 0.889. The number of fused-ring (bicyclic) bond motifs is 2. The minimum atomic E-state index is -0.966. The number of aryl methyl sites for hydroxylation is 1. The molecule has 3 fully saturated rings. The highest BCUT2D eigenvalue weighted by atomic mass is 31.0. The van der Waals surface area contributed by atoms with Gasteiger partial charge in [-0.25, -0.2) is 4.98 Å². The van der Waals surface area contributed by atoms with Crippen LogP contribution in [0.5, 0.6) is 5.75 Å². The van der Waals surface area contributed by atoms with Crippen molar-refractivity contribution in [2.45, 2.75) is 98.0 Å². The Kier molecular flexibility index (Phi) is 9.94. The van der Waals surface area contributed by atoms with Crippen molar-refractivity contribution < 1.29 is 28.7 Å². The minimum Gasteiger partial charge on any atom is -0.489 e. The number of carbonyl (C=O) groups is 5. The molecule has 1 aliphatic carbocycles.